The largest absolute Gasteiger partial charge is 0.387 e. The molecule has 25 heavy (non-hydrogen) atoms. The van der Waals surface area contributed by atoms with Gasteiger partial charge in [0.15, 0.2) is 12.3 Å². The fraction of sp³-hybridized carbons (Fsp3) is 0.667. The molecule has 1 heterocycles. The van der Waals surface area contributed by atoms with Gasteiger partial charge in [-0.05, 0) is 0 Å². The van der Waals surface area contributed by atoms with Gasteiger partial charge in [0.05, 0.1) is 4.43 Å². The Labute approximate surface area is 154 Å². The van der Waals surface area contributed by atoms with E-state index in [0.29, 0.717) is 0 Å². The van der Waals surface area contributed by atoms with E-state index in [4.69, 9.17) is 0 Å². The van der Waals surface area contributed by atoms with E-state index in [1.165, 1.54) is 0 Å². The molecular weight excluding hydrogens is 459 g/mol. The van der Waals surface area contributed by atoms with Crippen LogP contribution < -0.4 is 5.32 Å². The number of imide groups is 1. The maximum absolute atomic E-state index is 11.6. The Morgan fingerprint density at radius 3 is 2.04 bits per heavy atom. The standard InChI is InChI=1S/C12H17IN2O10/c13-3-4(16)14-11(23)9(21)7(19)8(20)10(22)12(24)25-15-5(17)1-2-6(15)18/h7-11,19-23H,1-3H2,(H,14,16). The van der Waals surface area contributed by atoms with Crippen LogP contribution in [0.3, 0.4) is 0 Å². The highest BCUT2D eigenvalue weighted by molar-refractivity contribution is 14.1. The quantitative estimate of drug-likeness (QED) is 0.0868. The minimum absolute atomic E-state index is 0.0625. The van der Waals surface area contributed by atoms with Crippen LogP contribution in [0.5, 0.6) is 0 Å². The Balaban J connectivity index is 2.65. The van der Waals surface area contributed by atoms with E-state index >= 15 is 0 Å². The molecule has 0 aromatic heterocycles. The zero-order valence-corrected chi connectivity index (χ0v) is 14.8. The number of carbonyl (C=O) groups excluding carboxylic acids is 4. The second-order valence-electron chi connectivity index (χ2n) is 5.05. The van der Waals surface area contributed by atoms with E-state index < -0.39 is 54.3 Å². The summed E-state index contributed by atoms with van der Waals surface area (Å²) in [6.07, 6.45) is -11.6. The number of hydrogen-bond donors (Lipinski definition) is 6. The fourth-order valence-electron chi connectivity index (χ4n) is 1.81. The molecule has 0 aromatic rings. The van der Waals surface area contributed by atoms with Gasteiger partial charge in [0.25, 0.3) is 11.8 Å². The summed E-state index contributed by atoms with van der Waals surface area (Å²) in [5.74, 6) is -3.96. The van der Waals surface area contributed by atoms with Crippen LogP contribution >= 0.6 is 22.6 Å². The fourth-order valence-corrected chi connectivity index (χ4v) is 2.03. The molecule has 5 atom stereocenters. The molecule has 13 heteroatoms. The van der Waals surface area contributed by atoms with Crippen LogP contribution in [0.2, 0.25) is 0 Å². The highest BCUT2D eigenvalue weighted by Crippen LogP contribution is 2.15. The smallest absolute Gasteiger partial charge is 0.364 e. The van der Waals surface area contributed by atoms with Gasteiger partial charge in [0, 0.05) is 12.8 Å². The number of nitrogens with one attached hydrogen (secondary N) is 1. The van der Waals surface area contributed by atoms with Crippen LogP contribution in [-0.4, -0.2) is 89.4 Å². The lowest BCUT2D eigenvalue weighted by atomic mass is 10.0. The first-order chi connectivity index (χ1) is 11.6. The van der Waals surface area contributed by atoms with Gasteiger partial charge >= 0.3 is 5.97 Å². The highest BCUT2D eigenvalue weighted by atomic mass is 127. The number of amides is 3. The van der Waals surface area contributed by atoms with Crippen molar-refractivity contribution in [3.8, 4) is 0 Å². The van der Waals surface area contributed by atoms with Crippen molar-refractivity contribution in [3.05, 3.63) is 0 Å². The Morgan fingerprint density at radius 1 is 1.04 bits per heavy atom. The van der Waals surface area contributed by atoms with Crippen molar-refractivity contribution in [1.29, 1.82) is 0 Å². The van der Waals surface area contributed by atoms with E-state index in [1.807, 2.05) is 5.32 Å². The summed E-state index contributed by atoms with van der Waals surface area (Å²) in [6, 6.07) is 0. The van der Waals surface area contributed by atoms with Crippen molar-refractivity contribution < 1.29 is 49.5 Å². The van der Waals surface area contributed by atoms with Gasteiger partial charge in [-0.2, -0.15) is 0 Å². The number of aliphatic hydroxyl groups is 5. The summed E-state index contributed by atoms with van der Waals surface area (Å²) in [5.41, 5.74) is 0. The van der Waals surface area contributed by atoms with E-state index in [1.54, 1.807) is 22.6 Å². The average molecular weight is 476 g/mol. The third-order valence-electron chi connectivity index (χ3n) is 3.21. The van der Waals surface area contributed by atoms with Crippen LogP contribution in [0.1, 0.15) is 12.8 Å². The van der Waals surface area contributed by atoms with Gasteiger partial charge in [-0.15, -0.1) is 5.06 Å². The Bertz CT molecular complexity index is 528. The number of nitrogens with zero attached hydrogens (tertiary/aromatic N) is 1. The number of rotatable bonds is 8. The van der Waals surface area contributed by atoms with Crippen molar-refractivity contribution in [2.75, 3.05) is 4.43 Å². The molecule has 0 bridgehead atoms. The predicted octanol–water partition coefficient (Wildman–Crippen LogP) is -4.09. The molecule has 1 saturated heterocycles. The van der Waals surface area contributed by atoms with Crippen molar-refractivity contribution in [2.45, 2.75) is 43.5 Å². The lowest BCUT2D eigenvalue weighted by molar-refractivity contribution is -0.211. The van der Waals surface area contributed by atoms with Crippen LogP contribution in [0.4, 0.5) is 0 Å². The molecule has 142 valence electrons. The molecule has 0 aliphatic carbocycles. The maximum Gasteiger partial charge on any atom is 0.364 e. The molecule has 1 rings (SSSR count). The number of carbonyl (C=O) groups is 4. The summed E-state index contributed by atoms with van der Waals surface area (Å²) in [6.45, 7) is 0. The molecule has 0 saturated carbocycles. The summed E-state index contributed by atoms with van der Waals surface area (Å²) in [4.78, 5) is 49.7. The van der Waals surface area contributed by atoms with Crippen molar-refractivity contribution >= 4 is 46.3 Å². The second-order valence-corrected chi connectivity index (χ2v) is 5.82. The monoisotopic (exact) mass is 476 g/mol. The van der Waals surface area contributed by atoms with Gasteiger partial charge < -0.3 is 35.7 Å². The van der Waals surface area contributed by atoms with Gasteiger partial charge in [0.2, 0.25) is 5.91 Å². The topological polar surface area (TPSA) is 194 Å². The zero-order chi connectivity index (χ0) is 19.3. The summed E-state index contributed by atoms with van der Waals surface area (Å²) >= 11 is 1.67. The Kier molecular flexibility index (Phi) is 8.10. The lowest BCUT2D eigenvalue weighted by Crippen LogP contribution is -2.56. The van der Waals surface area contributed by atoms with E-state index in [9.17, 15) is 44.7 Å². The third-order valence-corrected chi connectivity index (χ3v) is 3.90. The average Bonchev–Trinajstić information content (AvgIpc) is 2.90. The molecule has 1 aliphatic rings. The van der Waals surface area contributed by atoms with Crippen LogP contribution in [0.15, 0.2) is 0 Å². The molecule has 6 N–H and O–H groups in total. The minimum atomic E-state index is -2.45. The van der Waals surface area contributed by atoms with Crippen molar-refractivity contribution in [1.82, 2.24) is 10.4 Å². The molecule has 12 nitrogen and oxygen atoms in total. The predicted molar refractivity (Wildman–Crippen MR) is 84.2 cm³/mol. The molecule has 3 amide bonds. The van der Waals surface area contributed by atoms with E-state index in [-0.39, 0.29) is 22.3 Å². The summed E-state index contributed by atoms with van der Waals surface area (Å²) in [5, 5.41) is 50.2. The molecule has 1 fully saturated rings. The third kappa shape index (κ3) is 5.55. The first-order valence-electron chi connectivity index (χ1n) is 6.93. The Morgan fingerprint density at radius 2 is 1.56 bits per heavy atom. The molecule has 0 radical (unpaired) electrons. The molecule has 1 aliphatic heterocycles. The van der Waals surface area contributed by atoms with Gasteiger partial charge in [-0.3, -0.25) is 14.4 Å². The number of alkyl halides is 1. The van der Waals surface area contributed by atoms with Gasteiger partial charge in [0.1, 0.15) is 18.3 Å². The van der Waals surface area contributed by atoms with Crippen LogP contribution in [0.25, 0.3) is 0 Å². The van der Waals surface area contributed by atoms with Gasteiger partial charge in [-0.1, -0.05) is 22.6 Å². The minimum Gasteiger partial charge on any atom is -0.387 e. The van der Waals surface area contributed by atoms with E-state index in [0.717, 1.165) is 0 Å². The number of hydroxylamine groups is 2. The number of hydrogen-bond acceptors (Lipinski definition) is 10. The maximum atomic E-state index is 11.6. The first kappa shape index (κ1) is 21.7. The van der Waals surface area contributed by atoms with Crippen molar-refractivity contribution in [2.24, 2.45) is 0 Å². The second kappa shape index (κ2) is 9.35. The number of halogens is 1. The SMILES string of the molecule is O=C(CI)NC(O)C(O)C(O)C(O)C(O)C(=O)ON1C(=O)CCC1=O. The molecule has 5 unspecified atom stereocenters. The van der Waals surface area contributed by atoms with Crippen molar-refractivity contribution in [3.63, 3.8) is 0 Å². The van der Waals surface area contributed by atoms with Crippen LogP contribution in [-0.2, 0) is 24.0 Å². The van der Waals surface area contributed by atoms with E-state index in [2.05, 4.69) is 4.84 Å². The summed E-state index contributed by atoms with van der Waals surface area (Å²) < 4.78 is -0.0625. The zero-order valence-electron chi connectivity index (χ0n) is 12.6. The first-order valence-corrected chi connectivity index (χ1v) is 8.46. The molecule has 0 spiro atoms. The lowest BCUT2D eigenvalue weighted by Gasteiger charge is -2.28. The highest BCUT2D eigenvalue weighted by Gasteiger charge is 2.41. The van der Waals surface area contributed by atoms with Crippen LogP contribution in [0, 0.1) is 0 Å². The molecular formula is C12H17IN2O10. The number of aliphatic hydroxyl groups excluding tert-OH is 5. The molecule has 0 aromatic carbocycles. The summed E-state index contributed by atoms with van der Waals surface area (Å²) in [7, 11) is 0. The van der Waals surface area contributed by atoms with Gasteiger partial charge in [-0.25, -0.2) is 4.79 Å². The Hall–Kier alpha value is -1.39. The normalized spacial score (nSPS) is 20.6.